The zero-order chi connectivity index (χ0) is 27.4. The third-order valence-corrected chi connectivity index (χ3v) is 7.52. The molecule has 1 atom stereocenters. The van der Waals surface area contributed by atoms with Crippen LogP contribution in [-0.2, 0) is 4.79 Å². The number of likely N-dealkylation sites (tertiary alicyclic amines) is 1. The van der Waals surface area contributed by atoms with E-state index in [-0.39, 0.29) is 17.8 Å². The van der Waals surface area contributed by atoms with Crippen molar-refractivity contribution in [2.75, 3.05) is 13.6 Å². The Hall–Kier alpha value is -3.54. The number of nitrogens with zero attached hydrogens (tertiary/aromatic N) is 4. The van der Waals surface area contributed by atoms with Crippen molar-refractivity contribution in [2.45, 2.75) is 72.8 Å². The highest BCUT2D eigenvalue weighted by molar-refractivity contribution is 6.43. The standard InChI is InChI=1S/C32H39FN4O/c1-7-26-18-30(32(38)37-16-10-8-9-11-23(37)5)35-31(36(26)6)19-28(21(2)3)27-15-14-24(17-29(27)33)25-13-12-22(4)34-20-25/h12-15,17-20,23H,7-11,16H2,1-6H3/b31-19-. The van der Waals surface area contributed by atoms with E-state index in [0.717, 1.165) is 72.3 Å². The molecule has 1 aromatic heterocycles. The van der Waals surface area contributed by atoms with Crippen molar-refractivity contribution >= 4 is 17.2 Å². The minimum Gasteiger partial charge on any atom is -0.335 e. The SMILES string of the molecule is CCC1=CC(C(=O)N2CCCCCC2C)=N/C(=C/C(=C(C)C)c2ccc(-c3ccc(C)nc3)cc2F)N1C. The Morgan fingerprint density at radius 2 is 1.89 bits per heavy atom. The third-order valence-electron chi connectivity index (χ3n) is 7.52. The number of amides is 1. The number of rotatable bonds is 5. The van der Waals surface area contributed by atoms with Gasteiger partial charge in [0, 0.05) is 48.3 Å². The predicted octanol–water partition coefficient (Wildman–Crippen LogP) is 7.30. The zero-order valence-corrected chi connectivity index (χ0v) is 23.5. The molecule has 2 aliphatic heterocycles. The molecular formula is C32H39FN4O. The van der Waals surface area contributed by atoms with Crippen LogP contribution in [0.25, 0.3) is 16.7 Å². The predicted molar refractivity (Wildman–Crippen MR) is 154 cm³/mol. The fraction of sp³-hybridized carbons (Fsp3) is 0.406. The lowest BCUT2D eigenvalue weighted by molar-refractivity contribution is -0.125. The molecule has 0 spiro atoms. The smallest absolute Gasteiger partial charge is 0.272 e. The maximum absolute atomic E-state index is 15.5. The highest BCUT2D eigenvalue weighted by Gasteiger charge is 2.28. The molecule has 1 amide bonds. The number of hydrogen-bond donors (Lipinski definition) is 0. The van der Waals surface area contributed by atoms with Crippen LogP contribution >= 0.6 is 0 Å². The average molecular weight is 515 g/mol. The number of carbonyl (C=O) groups is 1. The fourth-order valence-corrected chi connectivity index (χ4v) is 5.11. The molecule has 0 bridgehead atoms. The van der Waals surface area contributed by atoms with Crippen LogP contribution in [0.3, 0.4) is 0 Å². The molecule has 38 heavy (non-hydrogen) atoms. The fourth-order valence-electron chi connectivity index (χ4n) is 5.11. The van der Waals surface area contributed by atoms with Crippen LogP contribution in [0.5, 0.6) is 0 Å². The van der Waals surface area contributed by atoms with Crippen LogP contribution in [-0.4, -0.2) is 46.0 Å². The van der Waals surface area contributed by atoms with Crippen LogP contribution in [0, 0.1) is 12.7 Å². The maximum atomic E-state index is 15.5. The number of pyridine rings is 1. The largest absolute Gasteiger partial charge is 0.335 e. The summed E-state index contributed by atoms with van der Waals surface area (Å²) >= 11 is 0. The lowest BCUT2D eigenvalue weighted by Crippen LogP contribution is -2.43. The third kappa shape index (κ3) is 5.95. The molecule has 200 valence electrons. The average Bonchev–Trinajstić information content (AvgIpc) is 3.12. The Morgan fingerprint density at radius 1 is 1.13 bits per heavy atom. The van der Waals surface area contributed by atoms with E-state index in [4.69, 9.17) is 4.99 Å². The summed E-state index contributed by atoms with van der Waals surface area (Å²) in [5, 5.41) is 0. The number of aromatic nitrogens is 1. The number of hydrogen-bond acceptors (Lipinski definition) is 4. The summed E-state index contributed by atoms with van der Waals surface area (Å²) < 4.78 is 15.5. The van der Waals surface area contributed by atoms with Gasteiger partial charge in [0.2, 0.25) is 0 Å². The molecule has 1 fully saturated rings. The van der Waals surface area contributed by atoms with E-state index in [2.05, 4.69) is 18.8 Å². The summed E-state index contributed by atoms with van der Waals surface area (Å²) in [4.78, 5) is 26.7. The molecule has 1 unspecified atom stereocenters. The van der Waals surface area contributed by atoms with Crippen LogP contribution in [0.2, 0.25) is 0 Å². The molecule has 6 heteroatoms. The lowest BCUT2D eigenvalue weighted by Gasteiger charge is -2.31. The van der Waals surface area contributed by atoms with Gasteiger partial charge >= 0.3 is 0 Å². The van der Waals surface area contributed by atoms with Crippen molar-refractivity contribution in [3.8, 4) is 11.1 Å². The van der Waals surface area contributed by atoms with E-state index in [1.165, 1.54) is 0 Å². The molecule has 0 saturated carbocycles. The van der Waals surface area contributed by atoms with Gasteiger partial charge in [-0.1, -0.05) is 43.5 Å². The molecular weight excluding hydrogens is 475 g/mol. The summed E-state index contributed by atoms with van der Waals surface area (Å²) in [5.41, 5.74) is 6.27. The molecule has 4 rings (SSSR count). The van der Waals surface area contributed by atoms with E-state index < -0.39 is 0 Å². The Bertz CT molecular complexity index is 1320. The molecule has 3 heterocycles. The molecule has 1 saturated heterocycles. The molecule has 2 aromatic rings. The number of aliphatic imine (C=N–C) groups is 1. The number of benzene rings is 1. The van der Waals surface area contributed by atoms with E-state index in [1.54, 1.807) is 12.3 Å². The first-order valence-electron chi connectivity index (χ1n) is 13.7. The molecule has 1 aromatic carbocycles. The monoisotopic (exact) mass is 514 g/mol. The molecule has 5 nitrogen and oxygen atoms in total. The van der Waals surface area contributed by atoms with Crippen molar-refractivity contribution in [2.24, 2.45) is 4.99 Å². The second kappa shape index (κ2) is 11.9. The molecule has 0 N–H and O–H groups in total. The molecule has 0 aliphatic carbocycles. The van der Waals surface area contributed by atoms with Gasteiger partial charge in [-0.3, -0.25) is 9.78 Å². The quantitative estimate of drug-likeness (QED) is 0.421. The van der Waals surface area contributed by atoms with Gasteiger partial charge in [0.05, 0.1) is 0 Å². The minimum atomic E-state index is -0.306. The minimum absolute atomic E-state index is 0.0228. The number of carbonyl (C=O) groups excluding carboxylic acids is 1. The van der Waals surface area contributed by atoms with Gasteiger partial charge in [-0.15, -0.1) is 0 Å². The van der Waals surface area contributed by atoms with E-state index in [1.807, 2.05) is 74.0 Å². The number of allylic oxidation sites excluding steroid dienone is 4. The van der Waals surface area contributed by atoms with E-state index in [9.17, 15) is 4.79 Å². The normalized spacial score (nSPS) is 19.1. The summed E-state index contributed by atoms with van der Waals surface area (Å²) in [5.74, 6) is 0.308. The topological polar surface area (TPSA) is 48.8 Å². The Balaban J connectivity index is 1.71. The number of aryl methyl sites for hydroxylation is 1. The van der Waals surface area contributed by atoms with Crippen LogP contribution in [0.15, 0.2) is 70.8 Å². The van der Waals surface area contributed by atoms with E-state index >= 15 is 4.39 Å². The summed E-state index contributed by atoms with van der Waals surface area (Å²) in [6, 6.07) is 9.38. The number of halogens is 1. The van der Waals surface area contributed by atoms with Crippen molar-refractivity contribution < 1.29 is 9.18 Å². The summed E-state index contributed by atoms with van der Waals surface area (Å²) in [6.45, 7) is 10.8. The Labute approximate surface area is 226 Å². The second-order valence-electron chi connectivity index (χ2n) is 10.5. The highest BCUT2D eigenvalue weighted by atomic mass is 19.1. The zero-order valence-electron chi connectivity index (χ0n) is 23.5. The van der Waals surface area contributed by atoms with E-state index in [0.29, 0.717) is 17.1 Å². The van der Waals surface area contributed by atoms with Crippen molar-refractivity contribution in [3.63, 3.8) is 0 Å². The summed E-state index contributed by atoms with van der Waals surface area (Å²) in [6.07, 6.45) is 10.7. The Kier molecular flexibility index (Phi) is 8.60. The van der Waals surface area contributed by atoms with Crippen LogP contribution in [0.1, 0.15) is 71.1 Å². The van der Waals surface area contributed by atoms with Gasteiger partial charge in [0.15, 0.2) is 0 Å². The van der Waals surface area contributed by atoms with Crippen LogP contribution in [0.4, 0.5) is 4.39 Å². The van der Waals surface area contributed by atoms with Gasteiger partial charge < -0.3 is 9.80 Å². The first-order chi connectivity index (χ1) is 18.2. The van der Waals surface area contributed by atoms with Gasteiger partial charge in [0.25, 0.3) is 5.91 Å². The van der Waals surface area contributed by atoms with Crippen molar-refractivity contribution in [3.05, 3.63) is 82.8 Å². The van der Waals surface area contributed by atoms with Crippen molar-refractivity contribution in [1.29, 1.82) is 0 Å². The summed E-state index contributed by atoms with van der Waals surface area (Å²) in [7, 11) is 1.95. The molecule has 0 radical (unpaired) electrons. The maximum Gasteiger partial charge on any atom is 0.272 e. The van der Waals surface area contributed by atoms with Gasteiger partial charge in [-0.2, -0.15) is 0 Å². The Morgan fingerprint density at radius 3 is 2.55 bits per heavy atom. The van der Waals surface area contributed by atoms with Crippen LogP contribution < -0.4 is 0 Å². The highest BCUT2D eigenvalue weighted by Crippen LogP contribution is 2.31. The first-order valence-corrected chi connectivity index (χ1v) is 13.7. The van der Waals surface area contributed by atoms with Crippen molar-refractivity contribution in [1.82, 2.24) is 14.8 Å². The lowest BCUT2D eigenvalue weighted by atomic mass is 9.97. The van der Waals surface area contributed by atoms with Gasteiger partial charge in [-0.25, -0.2) is 9.38 Å². The van der Waals surface area contributed by atoms with Gasteiger partial charge in [-0.05, 0) is 82.4 Å². The van der Waals surface area contributed by atoms with Gasteiger partial charge in [0.1, 0.15) is 17.3 Å². The molecule has 2 aliphatic rings. The first kappa shape index (κ1) is 27.5. The second-order valence-corrected chi connectivity index (χ2v) is 10.5.